The molecule has 1 heterocycles. The molecule has 0 aliphatic carbocycles. The smallest absolute Gasteiger partial charge is 0.408 e. The van der Waals surface area contributed by atoms with Crippen LogP contribution in [-0.4, -0.2) is 33.8 Å². The third kappa shape index (κ3) is 5.61. The van der Waals surface area contributed by atoms with E-state index in [0.29, 0.717) is 18.7 Å². The van der Waals surface area contributed by atoms with Crippen molar-refractivity contribution < 1.29 is 19.4 Å². The number of aliphatic carboxylic acids is 1. The fraction of sp³-hybridized carbons (Fsp3) is 0.421. The van der Waals surface area contributed by atoms with Crippen LogP contribution in [0.25, 0.3) is 10.9 Å². The van der Waals surface area contributed by atoms with Gasteiger partial charge in [-0.2, -0.15) is 0 Å². The van der Waals surface area contributed by atoms with Gasteiger partial charge in [0, 0.05) is 5.39 Å². The second-order valence-electron chi connectivity index (χ2n) is 7.15. The SMILES string of the molecule is CC(C)(C)OC(=O)N[C@@H](CCCc1cc2ccccc2nc1N)C(=O)O. The summed E-state index contributed by atoms with van der Waals surface area (Å²) in [4.78, 5) is 27.5. The fourth-order valence-electron chi connectivity index (χ4n) is 2.58. The number of nitrogens with zero attached hydrogens (tertiary/aromatic N) is 1. The predicted octanol–water partition coefficient (Wildman–Crippen LogP) is 3.12. The topological polar surface area (TPSA) is 115 Å². The maximum Gasteiger partial charge on any atom is 0.408 e. The summed E-state index contributed by atoms with van der Waals surface area (Å²) in [5, 5.41) is 12.7. The highest BCUT2D eigenvalue weighted by atomic mass is 16.6. The summed E-state index contributed by atoms with van der Waals surface area (Å²) in [7, 11) is 0. The fourth-order valence-corrected chi connectivity index (χ4v) is 2.58. The summed E-state index contributed by atoms with van der Waals surface area (Å²) in [5.41, 5.74) is 7.00. The van der Waals surface area contributed by atoms with Crippen molar-refractivity contribution in [2.45, 2.75) is 51.7 Å². The molecule has 7 nitrogen and oxygen atoms in total. The lowest BCUT2D eigenvalue weighted by Gasteiger charge is -2.22. The normalized spacial score (nSPS) is 12.6. The summed E-state index contributed by atoms with van der Waals surface area (Å²) < 4.78 is 5.11. The Balaban J connectivity index is 1.96. The molecule has 1 aromatic carbocycles. The molecule has 0 unspecified atom stereocenters. The largest absolute Gasteiger partial charge is 0.480 e. The summed E-state index contributed by atoms with van der Waals surface area (Å²) in [5.74, 6) is -0.656. The van der Waals surface area contributed by atoms with Crippen molar-refractivity contribution in [3.8, 4) is 0 Å². The van der Waals surface area contributed by atoms with Gasteiger partial charge in [0.05, 0.1) is 5.52 Å². The number of benzene rings is 1. The molecule has 0 saturated heterocycles. The van der Waals surface area contributed by atoms with E-state index < -0.39 is 23.7 Å². The minimum Gasteiger partial charge on any atom is -0.480 e. The minimum atomic E-state index is -1.10. The highest BCUT2D eigenvalue weighted by Crippen LogP contribution is 2.20. The number of alkyl carbamates (subject to hydrolysis) is 1. The van der Waals surface area contributed by atoms with Crippen LogP contribution < -0.4 is 11.1 Å². The van der Waals surface area contributed by atoms with Gasteiger partial charge in [-0.05, 0) is 57.7 Å². The van der Waals surface area contributed by atoms with Crippen LogP contribution in [0.15, 0.2) is 30.3 Å². The highest BCUT2D eigenvalue weighted by molar-refractivity contribution is 5.81. The monoisotopic (exact) mass is 359 g/mol. The molecule has 0 bridgehead atoms. The molecule has 1 amide bonds. The first-order valence-corrected chi connectivity index (χ1v) is 8.52. The van der Waals surface area contributed by atoms with E-state index in [1.165, 1.54) is 0 Å². The maximum absolute atomic E-state index is 11.8. The number of carbonyl (C=O) groups excluding carboxylic acids is 1. The number of ether oxygens (including phenoxy) is 1. The predicted molar refractivity (Wildman–Crippen MR) is 99.9 cm³/mol. The first-order valence-electron chi connectivity index (χ1n) is 8.52. The van der Waals surface area contributed by atoms with Crippen LogP contribution in [0, 0.1) is 0 Å². The van der Waals surface area contributed by atoms with E-state index in [4.69, 9.17) is 10.5 Å². The van der Waals surface area contributed by atoms with Crippen LogP contribution in [0.2, 0.25) is 0 Å². The zero-order valence-corrected chi connectivity index (χ0v) is 15.3. The zero-order valence-electron chi connectivity index (χ0n) is 15.3. The molecule has 1 aromatic heterocycles. The molecule has 0 radical (unpaired) electrons. The molecule has 7 heteroatoms. The Hall–Kier alpha value is -2.83. The molecule has 0 aliphatic heterocycles. The van der Waals surface area contributed by atoms with Gasteiger partial charge in [0.25, 0.3) is 0 Å². The third-order valence-corrected chi connectivity index (χ3v) is 3.76. The number of carboxylic acid groups (broad SMARTS) is 1. The number of hydrogen-bond donors (Lipinski definition) is 3. The number of amides is 1. The molecule has 140 valence electrons. The second-order valence-corrected chi connectivity index (χ2v) is 7.15. The lowest BCUT2D eigenvalue weighted by atomic mass is 10.0. The van der Waals surface area contributed by atoms with Crippen LogP contribution in [0.1, 0.15) is 39.2 Å². The number of para-hydroxylation sites is 1. The Kier molecular flexibility index (Phi) is 6.02. The van der Waals surface area contributed by atoms with Crippen molar-refractivity contribution in [3.63, 3.8) is 0 Å². The van der Waals surface area contributed by atoms with Crippen LogP contribution in [0.4, 0.5) is 10.6 Å². The summed E-state index contributed by atoms with van der Waals surface area (Å²) >= 11 is 0. The molecular formula is C19H25N3O4. The van der Waals surface area contributed by atoms with Crippen molar-refractivity contribution >= 4 is 28.8 Å². The Morgan fingerprint density at radius 1 is 1.31 bits per heavy atom. The molecule has 1 atom stereocenters. The number of nitrogens with one attached hydrogen (secondary N) is 1. The average Bonchev–Trinajstić information content (AvgIpc) is 2.52. The number of hydrogen-bond acceptors (Lipinski definition) is 5. The van der Waals surface area contributed by atoms with Gasteiger partial charge in [-0.1, -0.05) is 18.2 Å². The van der Waals surface area contributed by atoms with Crippen LogP contribution in [0.5, 0.6) is 0 Å². The number of aryl methyl sites for hydroxylation is 1. The van der Waals surface area contributed by atoms with Crippen molar-refractivity contribution in [2.75, 3.05) is 5.73 Å². The zero-order chi connectivity index (χ0) is 19.3. The van der Waals surface area contributed by atoms with E-state index in [-0.39, 0.29) is 6.42 Å². The number of fused-ring (bicyclic) bond motifs is 1. The van der Waals surface area contributed by atoms with Gasteiger partial charge < -0.3 is 20.9 Å². The number of nitrogens with two attached hydrogens (primary N) is 1. The number of rotatable bonds is 6. The number of pyridine rings is 1. The Morgan fingerprint density at radius 3 is 2.65 bits per heavy atom. The molecule has 26 heavy (non-hydrogen) atoms. The first-order chi connectivity index (χ1) is 12.2. The molecular weight excluding hydrogens is 334 g/mol. The van der Waals surface area contributed by atoms with E-state index >= 15 is 0 Å². The number of anilines is 1. The van der Waals surface area contributed by atoms with Gasteiger partial charge >= 0.3 is 12.1 Å². The molecule has 0 saturated carbocycles. The van der Waals surface area contributed by atoms with E-state index in [1.807, 2.05) is 30.3 Å². The minimum absolute atomic E-state index is 0.265. The molecule has 0 spiro atoms. The lowest BCUT2D eigenvalue weighted by Crippen LogP contribution is -2.43. The quantitative estimate of drug-likeness (QED) is 0.730. The molecule has 0 fully saturated rings. The van der Waals surface area contributed by atoms with E-state index in [0.717, 1.165) is 16.5 Å². The molecule has 0 aliphatic rings. The summed E-state index contributed by atoms with van der Waals surface area (Å²) in [6.07, 6.45) is 0.637. The van der Waals surface area contributed by atoms with Crippen molar-refractivity contribution in [2.24, 2.45) is 0 Å². The standard InChI is InChI=1S/C19H25N3O4/c1-19(2,3)26-18(25)22-15(17(23)24)10-6-8-13-11-12-7-4-5-9-14(12)21-16(13)20/h4-5,7,9,11,15H,6,8,10H2,1-3H3,(H2,20,21)(H,22,25)(H,23,24)/t15-/m0/s1. The van der Waals surface area contributed by atoms with Gasteiger partial charge in [0.15, 0.2) is 0 Å². The summed E-state index contributed by atoms with van der Waals surface area (Å²) in [6.45, 7) is 5.16. The van der Waals surface area contributed by atoms with Crippen LogP contribution in [-0.2, 0) is 16.0 Å². The number of aromatic nitrogens is 1. The average molecular weight is 359 g/mol. The molecule has 2 rings (SSSR count). The summed E-state index contributed by atoms with van der Waals surface area (Å²) in [6, 6.07) is 8.62. The van der Waals surface area contributed by atoms with Crippen molar-refractivity contribution in [3.05, 3.63) is 35.9 Å². The van der Waals surface area contributed by atoms with Gasteiger partial charge in [0.1, 0.15) is 17.5 Å². The molecule has 4 N–H and O–H groups in total. The number of nitrogen functional groups attached to an aromatic ring is 1. The van der Waals surface area contributed by atoms with Crippen LogP contribution in [0.3, 0.4) is 0 Å². The lowest BCUT2D eigenvalue weighted by molar-refractivity contribution is -0.139. The highest BCUT2D eigenvalue weighted by Gasteiger charge is 2.23. The van der Waals surface area contributed by atoms with Gasteiger partial charge in [-0.15, -0.1) is 0 Å². The number of carboxylic acids is 1. The Morgan fingerprint density at radius 2 is 2.00 bits per heavy atom. The second kappa shape index (κ2) is 8.03. The number of carbonyl (C=O) groups is 2. The first kappa shape index (κ1) is 19.5. The Bertz CT molecular complexity index is 799. The Labute approximate surface area is 152 Å². The van der Waals surface area contributed by atoms with Crippen LogP contribution >= 0.6 is 0 Å². The van der Waals surface area contributed by atoms with E-state index in [1.54, 1.807) is 20.8 Å². The van der Waals surface area contributed by atoms with Crippen molar-refractivity contribution in [1.82, 2.24) is 10.3 Å². The van der Waals surface area contributed by atoms with Crippen molar-refractivity contribution in [1.29, 1.82) is 0 Å². The van der Waals surface area contributed by atoms with Gasteiger partial charge in [-0.25, -0.2) is 14.6 Å². The van der Waals surface area contributed by atoms with E-state index in [9.17, 15) is 14.7 Å². The van der Waals surface area contributed by atoms with Gasteiger partial charge in [-0.3, -0.25) is 0 Å². The van der Waals surface area contributed by atoms with Gasteiger partial charge in [0.2, 0.25) is 0 Å². The maximum atomic E-state index is 11.8. The van der Waals surface area contributed by atoms with E-state index in [2.05, 4.69) is 10.3 Å². The molecule has 2 aromatic rings. The third-order valence-electron chi connectivity index (χ3n) is 3.76.